The summed E-state index contributed by atoms with van der Waals surface area (Å²) in [6.07, 6.45) is 0.901. The number of rotatable bonds is 6. The van der Waals surface area contributed by atoms with Crippen molar-refractivity contribution in [1.82, 2.24) is 0 Å². The van der Waals surface area contributed by atoms with Crippen molar-refractivity contribution in [3.05, 3.63) is 53.8 Å². The van der Waals surface area contributed by atoms with Crippen LogP contribution in [-0.2, 0) is 6.42 Å². The van der Waals surface area contributed by atoms with Crippen LogP contribution in [0.15, 0.2) is 42.5 Å². The fourth-order valence-electron chi connectivity index (χ4n) is 2.22. The van der Waals surface area contributed by atoms with Gasteiger partial charge in [-0.1, -0.05) is 30.3 Å². The second kappa shape index (κ2) is 6.97. The molecule has 0 aliphatic heterocycles. The molecule has 0 amide bonds. The quantitative estimate of drug-likeness (QED) is 0.827. The molecule has 0 saturated carbocycles. The Labute approximate surface area is 125 Å². The minimum atomic E-state index is -0.422. The van der Waals surface area contributed by atoms with Crippen LogP contribution in [-0.4, -0.2) is 20.2 Å². The van der Waals surface area contributed by atoms with Crippen molar-refractivity contribution < 1.29 is 9.13 Å². The molecule has 0 bridgehead atoms. The van der Waals surface area contributed by atoms with E-state index in [2.05, 4.69) is 12.1 Å². The molecule has 2 rings (SSSR count). The van der Waals surface area contributed by atoms with Crippen LogP contribution in [0.2, 0.25) is 0 Å². The van der Waals surface area contributed by atoms with Crippen molar-refractivity contribution in [2.45, 2.75) is 13.3 Å². The van der Waals surface area contributed by atoms with Gasteiger partial charge in [0.1, 0.15) is 0 Å². The molecule has 0 aliphatic rings. The van der Waals surface area contributed by atoms with E-state index in [0.29, 0.717) is 12.3 Å². The Morgan fingerprint density at radius 3 is 2.57 bits per heavy atom. The molecule has 4 heteroatoms. The van der Waals surface area contributed by atoms with Crippen LogP contribution in [0.3, 0.4) is 0 Å². The maximum Gasteiger partial charge on any atom is 0.167 e. The molecule has 2 aromatic rings. The van der Waals surface area contributed by atoms with Gasteiger partial charge in [-0.25, -0.2) is 4.39 Å². The molecule has 3 nitrogen and oxygen atoms in total. The van der Waals surface area contributed by atoms with E-state index < -0.39 is 5.82 Å². The summed E-state index contributed by atoms with van der Waals surface area (Å²) in [7, 11) is 1.95. The van der Waals surface area contributed by atoms with Gasteiger partial charge in [0, 0.05) is 25.7 Å². The normalized spacial score (nSPS) is 10.4. The first-order chi connectivity index (χ1) is 10.1. The minimum Gasteiger partial charge on any atom is -0.491 e. The molecule has 21 heavy (non-hydrogen) atoms. The first kappa shape index (κ1) is 15.2. The number of benzene rings is 2. The van der Waals surface area contributed by atoms with Crippen LogP contribution in [0.1, 0.15) is 12.5 Å². The van der Waals surface area contributed by atoms with Crippen LogP contribution in [0.4, 0.5) is 15.8 Å². The Morgan fingerprint density at radius 2 is 1.90 bits per heavy atom. The lowest BCUT2D eigenvalue weighted by Crippen LogP contribution is -2.21. The smallest absolute Gasteiger partial charge is 0.167 e. The molecule has 0 fully saturated rings. The van der Waals surface area contributed by atoms with E-state index in [0.717, 1.165) is 18.7 Å². The standard InChI is InChI=1S/C17H21FN2O/c1-3-21-17-12-16(15(19)11-14(17)18)20(2)10-9-13-7-5-4-6-8-13/h4-8,11-12H,3,9-10,19H2,1-2H3. The van der Waals surface area contributed by atoms with Gasteiger partial charge in [0.15, 0.2) is 11.6 Å². The van der Waals surface area contributed by atoms with Crippen molar-refractivity contribution >= 4 is 11.4 Å². The molecular weight excluding hydrogens is 267 g/mol. The molecular formula is C17H21FN2O. The van der Waals surface area contributed by atoms with Crippen molar-refractivity contribution in [2.75, 3.05) is 30.8 Å². The largest absolute Gasteiger partial charge is 0.491 e. The fraction of sp³-hybridized carbons (Fsp3) is 0.294. The van der Waals surface area contributed by atoms with Crippen molar-refractivity contribution in [3.63, 3.8) is 0 Å². The third kappa shape index (κ3) is 3.88. The number of hydrogen-bond donors (Lipinski definition) is 1. The molecule has 2 N–H and O–H groups in total. The zero-order chi connectivity index (χ0) is 15.2. The highest BCUT2D eigenvalue weighted by atomic mass is 19.1. The van der Waals surface area contributed by atoms with Gasteiger partial charge in [0.2, 0.25) is 0 Å². The SMILES string of the molecule is CCOc1cc(N(C)CCc2ccccc2)c(N)cc1F. The van der Waals surface area contributed by atoms with Crippen LogP contribution in [0.25, 0.3) is 0 Å². The third-order valence-electron chi connectivity index (χ3n) is 3.37. The summed E-state index contributed by atoms with van der Waals surface area (Å²) in [5.74, 6) is -0.178. The lowest BCUT2D eigenvalue weighted by atomic mass is 10.1. The summed E-state index contributed by atoms with van der Waals surface area (Å²) in [4.78, 5) is 2.02. The fourth-order valence-corrected chi connectivity index (χ4v) is 2.22. The van der Waals surface area contributed by atoms with Crippen molar-refractivity contribution in [3.8, 4) is 5.75 Å². The Balaban J connectivity index is 2.11. The second-order valence-electron chi connectivity index (χ2n) is 4.93. The van der Waals surface area contributed by atoms with Gasteiger partial charge in [-0.05, 0) is 18.9 Å². The predicted octanol–water partition coefficient (Wildman–Crippen LogP) is 3.49. The molecule has 0 saturated heterocycles. The maximum absolute atomic E-state index is 13.7. The number of halogens is 1. The summed E-state index contributed by atoms with van der Waals surface area (Å²) in [6.45, 7) is 3.05. The Kier molecular flexibility index (Phi) is 5.04. The molecule has 0 unspecified atom stereocenters. The Morgan fingerprint density at radius 1 is 1.19 bits per heavy atom. The van der Waals surface area contributed by atoms with E-state index in [4.69, 9.17) is 10.5 Å². The molecule has 0 aromatic heterocycles. The van der Waals surface area contributed by atoms with E-state index in [1.807, 2.05) is 37.1 Å². The van der Waals surface area contributed by atoms with Gasteiger partial charge in [-0.15, -0.1) is 0 Å². The van der Waals surface area contributed by atoms with E-state index in [9.17, 15) is 4.39 Å². The lowest BCUT2D eigenvalue weighted by Gasteiger charge is -2.22. The van der Waals surface area contributed by atoms with Gasteiger partial charge in [-0.2, -0.15) is 0 Å². The summed E-state index contributed by atoms with van der Waals surface area (Å²) >= 11 is 0. The highest BCUT2D eigenvalue weighted by molar-refractivity contribution is 5.69. The van der Waals surface area contributed by atoms with Crippen LogP contribution >= 0.6 is 0 Å². The molecule has 112 valence electrons. The number of nitrogens with two attached hydrogens (primary N) is 1. The van der Waals surface area contributed by atoms with E-state index in [1.165, 1.54) is 11.6 Å². The molecule has 0 aliphatic carbocycles. The topological polar surface area (TPSA) is 38.5 Å². The minimum absolute atomic E-state index is 0.244. The summed E-state index contributed by atoms with van der Waals surface area (Å²) in [6, 6.07) is 13.2. The van der Waals surface area contributed by atoms with Crippen LogP contribution < -0.4 is 15.4 Å². The number of nitrogens with zero attached hydrogens (tertiary/aromatic N) is 1. The van der Waals surface area contributed by atoms with Crippen LogP contribution in [0, 0.1) is 5.82 Å². The Hall–Kier alpha value is -2.23. The zero-order valence-corrected chi connectivity index (χ0v) is 12.5. The van der Waals surface area contributed by atoms with E-state index in [1.54, 1.807) is 6.07 Å². The zero-order valence-electron chi connectivity index (χ0n) is 12.5. The van der Waals surface area contributed by atoms with E-state index in [-0.39, 0.29) is 5.75 Å². The summed E-state index contributed by atoms with van der Waals surface area (Å²) in [5, 5.41) is 0. The maximum atomic E-state index is 13.7. The molecule has 0 heterocycles. The van der Waals surface area contributed by atoms with Gasteiger partial charge >= 0.3 is 0 Å². The molecule has 0 radical (unpaired) electrons. The number of hydrogen-bond acceptors (Lipinski definition) is 3. The number of anilines is 2. The van der Waals surface area contributed by atoms with Gasteiger partial charge in [0.25, 0.3) is 0 Å². The van der Waals surface area contributed by atoms with Crippen LogP contribution in [0.5, 0.6) is 5.75 Å². The first-order valence-corrected chi connectivity index (χ1v) is 7.08. The van der Waals surface area contributed by atoms with Crippen molar-refractivity contribution in [1.29, 1.82) is 0 Å². The number of ether oxygens (including phenoxy) is 1. The summed E-state index contributed by atoms with van der Waals surface area (Å²) in [5.41, 5.74) is 8.39. The van der Waals surface area contributed by atoms with E-state index >= 15 is 0 Å². The van der Waals surface area contributed by atoms with Gasteiger partial charge < -0.3 is 15.4 Å². The predicted molar refractivity (Wildman–Crippen MR) is 85.4 cm³/mol. The number of likely N-dealkylation sites (N-methyl/N-ethyl adjacent to an activating group) is 1. The molecule has 0 atom stereocenters. The van der Waals surface area contributed by atoms with Crippen molar-refractivity contribution in [2.24, 2.45) is 0 Å². The van der Waals surface area contributed by atoms with Gasteiger partial charge in [0.05, 0.1) is 18.0 Å². The average molecular weight is 288 g/mol. The average Bonchev–Trinajstić information content (AvgIpc) is 2.49. The highest BCUT2D eigenvalue weighted by Gasteiger charge is 2.12. The third-order valence-corrected chi connectivity index (χ3v) is 3.37. The molecule has 2 aromatic carbocycles. The second-order valence-corrected chi connectivity index (χ2v) is 4.93. The lowest BCUT2D eigenvalue weighted by molar-refractivity contribution is 0.322. The summed E-state index contributed by atoms with van der Waals surface area (Å²) < 4.78 is 19.0. The monoisotopic (exact) mass is 288 g/mol. The Bertz CT molecular complexity index is 587. The molecule has 0 spiro atoms. The highest BCUT2D eigenvalue weighted by Crippen LogP contribution is 2.30. The number of nitrogen functional groups attached to an aromatic ring is 1. The van der Waals surface area contributed by atoms with Gasteiger partial charge in [-0.3, -0.25) is 0 Å². The first-order valence-electron chi connectivity index (χ1n) is 7.08.